The third-order valence-corrected chi connectivity index (χ3v) is 4.76. The topological polar surface area (TPSA) is 15.3 Å². The summed E-state index contributed by atoms with van der Waals surface area (Å²) in [5.74, 6) is 0. The molecule has 1 unspecified atom stereocenters. The molecule has 0 aliphatic heterocycles. The summed E-state index contributed by atoms with van der Waals surface area (Å²) in [6.45, 7) is 11.8. The van der Waals surface area contributed by atoms with Crippen molar-refractivity contribution in [3.8, 4) is 0 Å². The third kappa shape index (κ3) is 6.27. The number of hydrogen-bond donors (Lipinski definition) is 1. The minimum atomic E-state index is 0.584. The Hall–Kier alpha value is -0.0800. The van der Waals surface area contributed by atoms with Crippen molar-refractivity contribution in [2.45, 2.75) is 84.7 Å². The first-order valence-corrected chi connectivity index (χ1v) is 8.42. The normalized spacial score (nSPS) is 21.8. The van der Waals surface area contributed by atoms with Gasteiger partial charge in [-0.15, -0.1) is 0 Å². The largest absolute Gasteiger partial charge is 0.313 e. The van der Waals surface area contributed by atoms with Gasteiger partial charge < -0.3 is 10.2 Å². The van der Waals surface area contributed by atoms with Crippen LogP contribution >= 0.6 is 0 Å². The SMILES string of the molecule is CCCNC(CCC)CN(C)C1CCC(C)(C)CC1. The van der Waals surface area contributed by atoms with Crippen molar-refractivity contribution in [1.82, 2.24) is 10.2 Å². The van der Waals surface area contributed by atoms with Gasteiger partial charge in [0.25, 0.3) is 0 Å². The van der Waals surface area contributed by atoms with E-state index in [0.29, 0.717) is 11.5 Å². The lowest BCUT2D eigenvalue weighted by Crippen LogP contribution is -2.45. The first kappa shape index (κ1) is 17.0. The summed E-state index contributed by atoms with van der Waals surface area (Å²) in [5, 5.41) is 3.71. The fourth-order valence-electron chi connectivity index (χ4n) is 3.28. The fraction of sp³-hybridized carbons (Fsp3) is 1.00. The molecule has 0 aromatic carbocycles. The Morgan fingerprint density at radius 3 is 2.32 bits per heavy atom. The van der Waals surface area contributed by atoms with Crippen molar-refractivity contribution in [2.75, 3.05) is 20.1 Å². The summed E-state index contributed by atoms with van der Waals surface area (Å²) < 4.78 is 0. The van der Waals surface area contributed by atoms with Gasteiger partial charge in [0.1, 0.15) is 0 Å². The van der Waals surface area contributed by atoms with Crippen LogP contribution in [0.25, 0.3) is 0 Å². The van der Waals surface area contributed by atoms with Crippen LogP contribution in [0.2, 0.25) is 0 Å². The molecule has 0 aromatic heterocycles. The molecule has 2 nitrogen and oxygen atoms in total. The Labute approximate surface area is 121 Å². The van der Waals surface area contributed by atoms with E-state index >= 15 is 0 Å². The van der Waals surface area contributed by atoms with Gasteiger partial charge in [0.05, 0.1) is 0 Å². The Bertz CT molecular complexity index is 227. The summed E-state index contributed by atoms with van der Waals surface area (Å²) in [6, 6.07) is 1.50. The van der Waals surface area contributed by atoms with E-state index < -0.39 is 0 Å². The molecule has 0 heterocycles. The zero-order valence-corrected chi connectivity index (χ0v) is 14.0. The minimum Gasteiger partial charge on any atom is -0.313 e. The van der Waals surface area contributed by atoms with Crippen LogP contribution in [0.15, 0.2) is 0 Å². The molecule has 1 N–H and O–H groups in total. The Morgan fingerprint density at radius 2 is 1.79 bits per heavy atom. The van der Waals surface area contributed by atoms with E-state index in [2.05, 4.69) is 45.0 Å². The Morgan fingerprint density at radius 1 is 1.16 bits per heavy atom. The van der Waals surface area contributed by atoms with Crippen molar-refractivity contribution in [1.29, 1.82) is 0 Å². The summed E-state index contributed by atoms with van der Waals surface area (Å²) in [5.41, 5.74) is 0.584. The predicted octanol–water partition coefficient (Wildman–Crippen LogP) is 4.06. The quantitative estimate of drug-likeness (QED) is 0.714. The van der Waals surface area contributed by atoms with Crippen LogP contribution < -0.4 is 5.32 Å². The van der Waals surface area contributed by atoms with Gasteiger partial charge in [0, 0.05) is 18.6 Å². The van der Waals surface area contributed by atoms with Crippen LogP contribution in [0.3, 0.4) is 0 Å². The van der Waals surface area contributed by atoms with Gasteiger partial charge in [-0.3, -0.25) is 0 Å². The lowest BCUT2D eigenvalue weighted by atomic mass is 9.75. The molecule has 19 heavy (non-hydrogen) atoms. The second-order valence-corrected chi connectivity index (χ2v) is 7.27. The second kappa shape index (κ2) is 8.26. The first-order chi connectivity index (χ1) is 8.98. The molecular weight excluding hydrogens is 232 g/mol. The predicted molar refractivity (Wildman–Crippen MR) is 85.7 cm³/mol. The van der Waals surface area contributed by atoms with Gasteiger partial charge in [0.2, 0.25) is 0 Å². The van der Waals surface area contributed by atoms with Crippen LogP contribution in [-0.4, -0.2) is 37.1 Å². The zero-order valence-electron chi connectivity index (χ0n) is 14.0. The molecule has 0 bridgehead atoms. The molecule has 1 fully saturated rings. The van der Waals surface area contributed by atoms with Crippen LogP contribution in [0.5, 0.6) is 0 Å². The average molecular weight is 268 g/mol. The van der Waals surface area contributed by atoms with Crippen LogP contribution in [0, 0.1) is 5.41 Å². The van der Waals surface area contributed by atoms with Crippen LogP contribution in [0.1, 0.15) is 72.6 Å². The monoisotopic (exact) mass is 268 g/mol. The van der Waals surface area contributed by atoms with Crippen molar-refractivity contribution in [2.24, 2.45) is 5.41 Å². The van der Waals surface area contributed by atoms with E-state index in [1.165, 1.54) is 51.5 Å². The molecule has 2 heteroatoms. The molecule has 1 aliphatic rings. The van der Waals surface area contributed by atoms with E-state index in [1.807, 2.05) is 0 Å². The van der Waals surface area contributed by atoms with Crippen LogP contribution in [0.4, 0.5) is 0 Å². The lowest BCUT2D eigenvalue weighted by Gasteiger charge is -2.39. The van der Waals surface area contributed by atoms with E-state index in [4.69, 9.17) is 0 Å². The highest BCUT2D eigenvalue weighted by Gasteiger charge is 2.29. The number of rotatable bonds is 8. The highest BCUT2D eigenvalue weighted by Crippen LogP contribution is 2.36. The van der Waals surface area contributed by atoms with Gasteiger partial charge in [-0.25, -0.2) is 0 Å². The van der Waals surface area contributed by atoms with Gasteiger partial charge >= 0.3 is 0 Å². The van der Waals surface area contributed by atoms with Crippen molar-refractivity contribution in [3.05, 3.63) is 0 Å². The Balaban J connectivity index is 2.36. The van der Waals surface area contributed by atoms with E-state index in [-0.39, 0.29) is 0 Å². The molecular formula is C17H36N2. The van der Waals surface area contributed by atoms with E-state index in [1.54, 1.807) is 0 Å². The molecule has 0 aromatic rings. The summed E-state index contributed by atoms with van der Waals surface area (Å²) in [4.78, 5) is 2.62. The molecule has 0 saturated heterocycles. The van der Waals surface area contributed by atoms with Crippen molar-refractivity contribution >= 4 is 0 Å². The summed E-state index contributed by atoms with van der Waals surface area (Å²) in [7, 11) is 2.33. The third-order valence-electron chi connectivity index (χ3n) is 4.76. The van der Waals surface area contributed by atoms with Crippen LogP contribution in [-0.2, 0) is 0 Å². The molecule has 1 rings (SSSR count). The second-order valence-electron chi connectivity index (χ2n) is 7.27. The molecule has 0 spiro atoms. The molecule has 114 valence electrons. The van der Waals surface area contributed by atoms with E-state index in [0.717, 1.165) is 12.6 Å². The highest BCUT2D eigenvalue weighted by atomic mass is 15.2. The number of hydrogen-bond acceptors (Lipinski definition) is 2. The maximum atomic E-state index is 3.71. The molecule has 0 radical (unpaired) electrons. The number of likely N-dealkylation sites (N-methyl/N-ethyl adjacent to an activating group) is 1. The van der Waals surface area contributed by atoms with Gasteiger partial charge in [-0.2, -0.15) is 0 Å². The van der Waals surface area contributed by atoms with Crippen molar-refractivity contribution in [3.63, 3.8) is 0 Å². The Kier molecular flexibility index (Phi) is 7.38. The summed E-state index contributed by atoms with van der Waals surface area (Å²) >= 11 is 0. The molecule has 1 saturated carbocycles. The number of nitrogens with zero attached hydrogens (tertiary/aromatic N) is 1. The summed E-state index contributed by atoms with van der Waals surface area (Å²) in [6.07, 6.45) is 9.38. The maximum absolute atomic E-state index is 3.71. The highest BCUT2D eigenvalue weighted by molar-refractivity contribution is 4.84. The first-order valence-electron chi connectivity index (χ1n) is 8.42. The minimum absolute atomic E-state index is 0.584. The smallest absolute Gasteiger partial charge is 0.0194 e. The molecule has 1 aliphatic carbocycles. The zero-order chi connectivity index (χ0) is 14.3. The average Bonchev–Trinajstić information content (AvgIpc) is 2.36. The van der Waals surface area contributed by atoms with Crippen molar-refractivity contribution < 1.29 is 0 Å². The maximum Gasteiger partial charge on any atom is 0.0194 e. The molecule has 1 atom stereocenters. The van der Waals surface area contributed by atoms with E-state index in [9.17, 15) is 0 Å². The van der Waals surface area contributed by atoms with Gasteiger partial charge in [0.15, 0.2) is 0 Å². The van der Waals surface area contributed by atoms with Gasteiger partial charge in [-0.1, -0.05) is 34.1 Å². The lowest BCUT2D eigenvalue weighted by molar-refractivity contribution is 0.118. The fourth-order valence-corrected chi connectivity index (χ4v) is 3.28. The van der Waals surface area contributed by atoms with Gasteiger partial charge in [-0.05, 0) is 57.5 Å². The molecule has 0 amide bonds. The number of nitrogens with one attached hydrogen (secondary N) is 1. The standard InChI is InChI=1S/C17H36N2/c1-6-8-15(18-13-7-2)14-19(5)16-9-11-17(3,4)12-10-16/h15-16,18H,6-14H2,1-5H3.